The van der Waals surface area contributed by atoms with Gasteiger partial charge in [0.25, 0.3) is 10.0 Å². The lowest BCUT2D eigenvalue weighted by atomic mass is 10.5. The largest absolute Gasteiger partial charge is 0.440 e. The molecule has 0 aromatic carbocycles. The Labute approximate surface area is 95.5 Å². The first-order chi connectivity index (χ1) is 7.45. The summed E-state index contributed by atoms with van der Waals surface area (Å²) in [6, 6.07) is 2.45. The molecule has 0 saturated carbocycles. The molecule has 6 nitrogen and oxygen atoms in total. The van der Waals surface area contributed by atoms with Gasteiger partial charge in [0.05, 0.1) is 0 Å². The van der Waals surface area contributed by atoms with Gasteiger partial charge in [-0.15, -0.1) is 0 Å². The van der Waals surface area contributed by atoms with Crippen molar-refractivity contribution in [2.24, 2.45) is 0 Å². The van der Waals surface area contributed by atoms with Crippen molar-refractivity contribution in [2.45, 2.75) is 5.09 Å². The lowest BCUT2D eigenvalue weighted by molar-refractivity contribution is 0.109. The van der Waals surface area contributed by atoms with E-state index in [4.69, 9.17) is 4.42 Å². The summed E-state index contributed by atoms with van der Waals surface area (Å²) in [6.45, 7) is 0.0581. The second kappa shape index (κ2) is 5.37. The minimum Gasteiger partial charge on any atom is -0.440 e. The van der Waals surface area contributed by atoms with E-state index in [1.54, 1.807) is 0 Å². The molecule has 8 heteroatoms. The highest BCUT2D eigenvalue weighted by molar-refractivity contribution is 7.89. The molecule has 1 aromatic heterocycles. The van der Waals surface area contributed by atoms with Crippen LogP contribution in [0.25, 0.3) is 0 Å². The minimum atomic E-state index is -3.76. The normalized spacial score (nSPS) is 13.6. The van der Waals surface area contributed by atoms with Crippen LogP contribution < -0.4 is 4.72 Å². The molecule has 1 N–H and O–H groups in total. The summed E-state index contributed by atoms with van der Waals surface area (Å²) in [6.07, 6.45) is 1.89. The zero-order chi connectivity index (χ0) is 12.2. The molecule has 1 aromatic rings. The van der Waals surface area contributed by atoms with Crippen molar-refractivity contribution in [1.29, 1.82) is 0 Å². The van der Waals surface area contributed by atoms with Crippen LogP contribution in [-0.4, -0.2) is 37.5 Å². The number of rotatable bonds is 6. The van der Waals surface area contributed by atoms with Gasteiger partial charge in [-0.2, -0.15) is 0 Å². The van der Waals surface area contributed by atoms with Crippen molar-refractivity contribution in [3.8, 4) is 0 Å². The molecule has 1 unspecified atom stereocenters. The first kappa shape index (κ1) is 13.1. The van der Waals surface area contributed by atoms with Crippen LogP contribution in [0.4, 0.5) is 0 Å². The highest BCUT2D eigenvalue weighted by atomic mass is 32.2. The van der Waals surface area contributed by atoms with Gasteiger partial charge in [0, 0.05) is 29.4 Å². The molecule has 1 atom stereocenters. The average molecular weight is 265 g/mol. The molecule has 0 bridgehead atoms. The van der Waals surface area contributed by atoms with Crippen molar-refractivity contribution in [3.63, 3.8) is 0 Å². The summed E-state index contributed by atoms with van der Waals surface area (Å²) in [5.74, 6) is 0.167. The molecular weight excluding hydrogens is 254 g/mol. The van der Waals surface area contributed by atoms with E-state index in [2.05, 4.69) is 4.72 Å². The molecule has 0 spiro atoms. The molecule has 1 rings (SSSR count). The van der Waals surface area contributed by atoms with Crippen molar-refractivity contribution < 1.29 is 21.8 Å². The maximum absolute atomic E-state index is 11.5. The van der Waals surface area contributed by atoms with Crippen LogP contribution in [0.2, 0.25) is 0 Å². The smallest absolute Gasteiger partial charge is 0.274 e. The number of furan rings is 1. The highest BCUT2D eigenvalue weighted by Gasteiger charge is 2.17. The molecule has 0 aliphatic heterocycles. The molecule has 0 aliphatic rings. The molecule has 0 fully saturated rings. The van der Waals surface area contributed by atoms with Crippen molar-refractivity contribution in [2.75, 3.05) is 18.6 Å². The Morgan fingerprint density at radius 2 is 2.19 bits per heavy atom. The third-order valence-electron chi connectivity index (χ3n) is 1.66. The summed E-state index contributed by atoms with van der Waals surface area (Å²) in [5.41, 5.74) is 0. The van der Waals surface area contributed by atoms with Crippen LogP contribution in [0, 0.1) is 0 Å². The lowest BCUT2D eigenvalue weighted by Crippen LogP contribution is -2.27. The standard InChI is InChI=1S/C8H11NO5S2/c1-15(11)5-4-9-16(12,13)8-3-2-7(6-10)14-8/h2-3,6,9H,4-5H2,1H3. The molecule has 16 heavy (non-hydrogen) atoms. The second-order valence-electron chi connectivity index (χ2n) is 2.95. The fraction of sp³-hybridized carbons (Fsp3) is 0.375. The van der Waals surface area contributed by atoms with E-state index >= 15 is 0 Å². The van der Waals surface area contributed by atoms with E-state index in [-0.39, 0.29) is 23.2 Å². The van der Waals surface area contributed by atoms with Crippen LogP contribution in [0.15, 0.2) is 21.6 Å². The maximum atomic E-state index is 11.5. The molecular formula is C8H11NO5S2. The number of hydrogen-bond acceptors (Lipinski definition) is 5. The molecule has 1 heterocycles. The number of carbonyl (C=O) groups excluding carboxylic acids is 1. The van der Waals surface area contributed by atoms with E-state index in [0.717, 1.165) is 0 Å². The summed E-state index contributed by atoms with van der Waals surface area (Å²) in [7, 11) is -4.82. The van der Waals surface area contributed by atoms with Gasteiger partial charge in [-0.1, -0.05) is 0 Å². The average Bonchev–Trinajstić information content (AvgIpc) is 2.65. The fourth-order valence-corrected chi connectivity index (χ4v) is 2.42. The molecule has 0 radical (unpaired) electrons. The zero-order valence-corrected chi connectivity index (χ0v) is 10.1. The van der Waals surface area contributed by atoms with Gasteiger partial charge in [0.15, 0.2) is 12.0 Å². The van der Waals surface area contributed by atoms with Crippen LogP contribution >= 0.6 is 0 Å². The third-order valence-corrected chi connectivity index (χ3v) is 3.78. The Bertz CT molecular complexity index is 490. The van der Waals surface area contributed by atoms with Crippen LogP contribution in [0.1, 0.15) is 10.6 Å². The molecule has 0 amide bonds. The number of aldehydes is 1. The first-order valence-corrected chi connectivity index (χ1v) is 7.51. The number of nitrogens with one attached hydrogen (secondary N) is 1. The van der Waals surface area contributed by atoms with Gasteiger partial charge in [-0.05, 0) is 12.1 Å². The van der Waals surface area contributed by atoms with Gasteiger partial charge in [0.2, 0.25) is 5.09 Å². The number of carbonyl (C=O) groups is 1. The Morgan fingerprint density at radius 1 is 1.50 bits per heavy atom. The predicted molar refractivity (Wildman–Crippen MR) is 58.2 cm³/mol. The number of sulfonamides is 1. The SMILES string of the molecule is CS(=O)CCNS(=O)(=O)c1ccc(C=O)o1. The maximum Gasteiger partial charge on any atom is 0.274 e. The van der Waals surface area contributed by atoms with Gasteiger partial charge >= 0.3 is 0 Å². The summed E-state index contributed by atoms with van der Waals surface area (Å²) >= 11 is 0. The predicted octanol–water partition coefficient (Wildman–Crippen LogP) is -0.251. The van der Waals surface area contributed by atoms with Gasteiger partial charge in [-0.3, -0.25) is 9.00 Å². The quantitative estimate of drug-likeness (QED) is 0.716. The van der Waals surface area contributed by atoms with E-state index < -0.39 is 20.8 Å². The van der Waals surface area contributed by atoms with Crippen LogP contribution in [-0.2, 0) is 20.8 Å². The molecule has 90 valence electrons. The summed E-state index contributed by atoms with van der Waals surface area (Å²) in [4.78, 5) is 10.3. The van der Waals surface area contributed by atoms with E-state index in [1.165, 1.54) is 18.4 Å². The second-order valence-corrected chi connectivity index (χ2v) is 6.20. The Hall–Kier alpha value is -0.990. The minimum absolute atomic E-state index is 0.0561. The topological polar surface area (TPSA) is 93.5 Å². The summed E-state index contributed by atoms with van der Waals surface area (Å²) in [5, 5.41) is -0.323. The Morgan fingerprint density at radius 3 is 2.69 bits per heavy atom. The van der Waals surface area contributed by atoms with Crippen LogP contribution in [0.5, 0.6) is 0 Å². The van der Waals surface area contributed by atoms with Gasteiger partial charge in [0.1, 0.15) is 0 Å². The molecule has 0 saturated heterocycles. The molecule has 0 aliphatic carbocycles. The monoisotopic (exact) mass is 265 g/mol. The van der Waals surface area contributed by atoms with E-state index in [1.807, 2.05) is 0 Å². The van der Waals surface area contributed by atoms with Gasteiger partial charge < -0.3 is 4.42 Å². The van der Waals surface area contributed by atoms with Gasteiger partial charge in [-0.25, -0.2) is 13.1 Å². The Kier molecular flexibility index (Phi) is 4.39. The van der Waals surface area contributed by atoms with Crippen molar-refractivity contribution in [3.05, 3.63) is 17.9 Å². The van der Waals surface area contributed by atoms with Crippen molar-refractivity contribution in [1.82, 2.24) is 4.72 Å². The Balaban J connectivity index is 2.70. The van der Waals surface area contributed by atoms with Crippen LogP contribution in [0.3, 0.4) is 0 Å². The summed E-state index contributed by atoms with van der Waals surface area (Å²) < 4.78 is 40.7. The first-order valence-electron chi connectivity index (χ1n) is 4.30. The van der Waals surface area contributed by atoms with E-state index in [0.29, 0.717) is 6.29 Å². The third kappa shape index (κ3) is 3.54. The highest BCUT2D eigenvalue weighted by Crippen LogP contribution is 2.11. The van der Waals surface area contributed by atoms with Crippen molar-refractivity contribution >= 4 is 27.1 Å². The fourth-order valence-electron chi connectivity index (χ4n) is 0.933. The lowest BCUT2D eigenvalue weighted by Gasteiger charge is -2.01. The zero-order valence-electron chi connectivity index (χ0n) is 8.50. The van der Waals surface area contributed by atoms with E-state index in [9.17, 15) is 17.4 Å². The number of hydrogen-bond donors (Lipinski definition) is 1.